The molecule has 1 atom stereocenters. The van der Waals surface area contributed by atoms with Crippen molar-refractivity contribution in [3.63, 3.8) is 0 Å². The van der Waals surface area contributed by atoms with Gasteiger partial charge in [0.15, 0.2) is 11.5 Å². The Bertz CT molecular complexity index is 1180. The molecule has 0 aliphatic carbocycles. The van der Waals surface area contributed by atoms with Gasteiger partial charge in [-0.15, -0.1) is 0 Å². The second kappa shape index (κ2) is 11.0. The van der Waals surface area contributed by atoms with Gasteiger partial charge in [0.05, 0.1) is 11.4 Å². The van der Waals surface area contributed by atoms with Crippen LogP contribution in [0.4, 0.5) is 5.69 Å². The maximum absolute atomic E-state index is 13.6. The molecular weight excluding hydrogens is 470 g/mol. The molecule has 3 rings (SSSR count). The molecule has 35 heavy (non-hydrogen) atoms. The summed E-state index contributed by atoms with van der Waals surface area (Å²) >= 11 is 0. The molecule has 0 saturated heterocycles. The van der Waals surface area contributed by atoms with Crippen LogP contribution in [0.5, 0.6) is 11.5 Å². The number of ether oxygens (including phenoxy) is 2. The minimum Gasteiger partial charge on any atom is -0.454 e. The van der Waals surface area contributed by atoms with E-state index in [2.05, 4.69) is 5.32 Å². The predicted molar refractivity (Wildman–Crippen MR) is 134 cm³/mol. The van der Waals surface area contributed by atoms with Crippen LogP contribution in [0.1, 0.15) is 38.8 Å². The van der Waals surface area contributed by atoms with Crippen molar-refractivity contribution in [3.8, 4) is 11.5 Å². The lowest BCUT2D eigenvalue weighted by atomic mass is 10.1. The van der Waals surface area contributed by atoms with Crippen LogP contribution >= 0.6 is 0 Å². The van der Waals surface area contributed by atoms with Gasteiger partial charge in [-0.2, -0.15) is 0 Å². The van der Waals surface area contributed by atoms with Gasteiger partial charge >= 0.3 is 0 Å². The van der Waals surface area contributed by atoms with E-state index < -0.39 is 28.5 Å². The zero-order valence-electron chi connectivity index (χ0n) is 20.8. The molecule has 0 saturated carbocycles. The fourth-order valence-electron chi connectivity index (χ4n) is 3.76. The van der Waals surface area contributed by atoms with Crippen molar-refractivity contribution in [3.05, 3.63) is 53.6 Å². The number of benzene rings is 2. The Morgan fingerprint density at radius 3 is 2.43 bits per heavy atom. The average Bonchev–Trinajstić information content (AvgIpc) is 3.27. The van der Waals surface area contributed by atoms with E-state index in [0.717, 1.165) is 15.4 Å². The van der Waals surface area contributed by atoms with Gasteiger partial charge in [-0.25, -0.2) is 8.42 Å². The Morgan fingerprint density at radius 1 is 1.06 bits per heavy atom. The lowest BCUT2D eigenvalue weighted by molar-refractivity contribution is -0.139. The molecule has 10 heteroatoms. The topological polar surface area (TPSA) is 105 Å². The number of nitrogens with one attached hydrogen (secondary N) is 1. The van der Waals surface area contributed by atoms with Gasteiger partial charge in [0, 0.05) is 18.7 Å². The van der Waals surface area contributed by atoms with E-state index in [-0.39, 0.29) is 31.0 Å². The first-order chi connectivity index (χ1) is 16.5. The first-order valence-corrected chi connectivity index (χ1v) is 13.2. The molecule has 0 spiro atoms. The van der Waals surface area contributed by atoms with Gasteiger partial charge in [-0.05, 0) is 52.3 Å². The van der Waals surface area contributed by atoms with E-state index in [1.165, 1.54) is 11.8 Å². The van der Waals surface area contributed by atoms with E-state index in [9.17, 15) is 18.0 Å². The third-order valence-corrected chi connectivity index (χ3v) is 7.40. The minimum atomic E-state index is -3.81. The maximum atomic E-state index is 13.6. The highest BCUT2D eigenvalue weighted by molar-refractivity contribution is 7.92. The smallest absolute Gasteiger partial charge is 0.244 e. The molecular formula is C25H33N3O6S. The molecule has 1 heterocycles. The number of hydrogen-bond donors (Lipinski definition) is 1. The van der Waals surface area contributed by atoms with Crippen LogP contribution in [-0.4, -0.2) is 56.3 Å². The molecule has 2 amide bonds. The lowest BCUT2D eigenvalue weighted by Crippen LogP contribution is -2.52. The van der Waals surface area contributed by atoms with Crippen LogP contribution in [0.3, 0.4) is 0 Å². The van der Waals surface area contributed by atoms with Gasteiger partial charge in [-0.3, -0.25) is 13.9 Å². The molecule has 0 bridgehead atoms. The zero-order valence-corrected chi connectivity index (χ0v) is 21.6. The summed E-state index contributed by atoms with van der Waals surface area (Å²) in [7, 11) is -3.81. The Balaban J connectivity index is 1.94. The Hall–Kier alpha value is -3.27. The Labute approximate surface area is 207 Å². The van der Waals surface area contributed by atoms with Crippen molar-refractivity contribution in [2.24, 2.45) is 0 Å². The fourth-order valence-corrected chi connectivity index (χ4v) is 4.81. The monoisotopic (exact) mass is 503 g/mol. The van der Waals surface area contributed by atoms with Crippen molar-refractivity contribution < 1.29 is 27.5 Å². The van der Waals surface area contributed by atoms with Crippen LogP contribution in [-0.2, 0) is 26.2 Å². The quantitative estimate of drug-likeness (QED) is 0.535. The molecule has 9 nitrogen and oxygen atoms in total. The summed E-state index contributed by atoms with van der Waals surface area (Å²) < 4.78 is 37.8. The van der Waals surface area contributed by atoms with Gasteiger partial charge in [0.2, 0.25) is 28.6 Å². The number of sulfonamides is 1. The molecule has 1 aliphatic rings. The van der Waals surface area contributed by atoms with Gasteiger partial charge in [0.25, 0.3) is 0 Å². The number of amides is 2. The fraction of sp³-hybridized carbons (Fsp3) is 0.440. The number of hydrogen-bond acceptors (Lipinski definition) is 6. The average molecular weight is 504 g/mol. The number of anilines is 1. The highest BCUT2D eigenvalue weighted by atomic mass is 32.2. The van der Waals surface area contributed by atoms with Crippen molar-refractivity contribution in [2.75, 3.05) is 23.4 Å². The summed E-state index contributed by atoms with van der Waals surface area (Å²) in [5, 5.41) is 2.83. The number of aryl methyl sites for hydroxylation is 1. The highest BCUT2D eigenvalue weighted by Crippen LogP contribution is 2.36. The molecule has 0 fully saturated rings. The van der Waals surface area contributed by atoms with E-state index in [1.807, 2.05) is 45.0 Å². The van der Waals surface area contributed by atoms with Crippen molar-refractivity contribution in [2.45, 2.75) is 53.2 Å². The Kier molecular flexibility index (Phi) is 8.26. The summed E-state index contributed by atoms with van der Waals surface area (Å²) in [4.78, 5) is 27.9. The molecule has 0 radical (unpaired) electrons. The molecule has 190 valence electrons. The zero-order chi connectivity index (χ0) is 25.8. The third-order valence-electron chi connectivity index (χ3n) is 5.66. The van der Waals surface area contributed by atoms with Gasteiger partial charge < -0.3 is 19.7 Å². The van der Waals surface area contributed by atoms with Gasteiger partial charge in [0.1, 0.15) is 12.6 Å². The van der Waals surface area contributed by atoms with E-state index in [1.54, 1.807) is 25.1 Å². The number of carbonyl (C=O) groups excluding carboxylic acids is 2. The maximum Gasteiger partial charge on any atom is 0.244 e. The normalized spacial score (nSPS) is 13.4. The molecule has 2 aromatic rings. The third kappa shape index (κ3) is 6.45. The minimum absolute atomic E-state index is 0.0466. The van der Waals surface area contributed by atoms with Gasteiger partial charge in [-0.1, -0.05) is 29.8 Å². The molecule has 2 aromatic carbocycles. The summed E-state index contributed by atoms with van der Waals surface area (Å²) in [6.07, 6.45) is 0. The SMILES string of the molecule is CCS(=O)(=O)N(CC(=O)N(Cc1cccc(C)c1)[C@H](C)C(=O)NC(C)C)c1ccc2c(c1)OCO2. The lowest BCUT2D eigenvalue weighted by Gasteiger charge is -2.32. The standard InChI is InChI=1S/C25H33N3O6S/c1-6-35(31,32)28(21-10-11-22-23(13-21)34-16-33-22)15-24(29)27(19(5)25(30)26-17(2)3)14-20-9-7-8-18(4)12-20/h7-13,17,19H,6,14-16H2,1-5H3,(H,26,30)/t19-/m1/s1. The summed E-state index contributed by atoms with van der Waals surface area (Å²) in [6, 6.07) is 11.5. The number of nitrogens with zero attached hydrogens (tertiary/aromatic N) is 2. The number of carbonyl (C=O) groups is 2. The highest BCUT2D eigenvalue weighted by Gasteiger charge is 2.31. The van der Waals surface area contributed by atoms with Crippen molar-refractivity contribution >= 4 is 27.5 Å². The van der Waals surface area contributed by atoms with Crippen molar-refractivity contribution in [1.29, 1.82) is 0 Å². The van der Waals surface area contributed by atoms with Crippen LogP contribution in [0.2, 0.25) is 0 Å². The number of fused-ring (bicyclic) bond motifs is 1. The van der Waals surface area contributed by atoms with E-state index in [4.69, 9.17) is 9.47 Å². The first-order valence-electron chi connectivity index (χ1n) is 11.6. The van der Waals surface area contributed by atoms with Crippen LogP contribution in [0.25, 0.3) is 0 Å². The van der Waals surface area contributed by atoms with E-state index in [0.29, 0.717) is 17.2 Å². The first kappa shape index (κ1) is 26.3. The van der Waals surface area contributed by atoms with Crippen molar-refractivity contribution in [1.82, 2.24) is 10.2 Å². The Morgan fingerprint density at radius 2 is 1.77 bits per heavy atom. The summed E-state index contributed by atoms with van der Waals surface area (Å²) in [6.45, 7) is 8.53. The predicted octanol–water partition coefficient (Wildman–Crippen LogP) is 2.82. The van der Waals surface area contributed by atoms with Crippen LogP contribution in [0, 0.1) is 6.92 Å². The summed E-state index contributed by atoms with van der Waals surface area (Å²) in [5.74, 6) is -0.0844. The van der Waals surface area contributed by atoms with Crippen LogP contribution in [0.15, 0.2) is 42.5 Å². The second-order valence-corrected chi connectivity index (χ2v) is 11.0. The van der Waals surface area contributed by atoms with Crippen LogP contribution < -0.4 is 19.1 Å². The van der Waals surface area contributed by atoms with E-state index >= 15 is 0 Å². The summed E-state index contributed by atoms with van der Waals surface area (Å²) in [5.41, 5.74) is 2.15. The molecule has 0 aromatic heterocycles. The molecule has 0 unspecified atom stereocenters. The number of rotatable bonds is 10. The molecule has 1 N–H and O–H groups in total. The largest absolute Gasteiger partial charge is 0.454 e. The second-order valence-electron chi connectivity index (χ2n) is 8.79. The molecule has 1 aliphatic heterocycles.